The summed E-state index contributed by atoms with van der Waals surface area (Å²) < 4.78 is 20.2. The number of carbonyl (C=O) groups excluding carboxylic acids is 2. The monoisotopic (exact) mass is 379 g/mol. The number of amides is 2. The predicted octanol–water partition coefficient (Wildman–Crippen LogP) is 1.60. The van der Waals surface area contributed by atoms with E-state index in [9.17, 15) is 19.7 Å². The Hall–Kier alpha value is -3.76. The fourth-order valence-electron chi connectivity index (χ4n) is 2.36. The third kappa shape index (κ3) is 3.76. The number of carbonyl (C=O) groups is 2. The number of nitro groups is 1. The summed E-state index contributed by atoms with van der Waals surface area (Å²) in [6, 6.07) is 2.53. The Labute approximate surface area is 153 Å². The quantitative estimate of drug-likeness (QED) is 0.569. The molecule has 0 bridgehead atoms. The van der Waals surface area contributed by atoms with Gasteiger partial charge in [0, 0.05) is 6.07 Å². The van der Waals surface area contributed by atoms with E-state index in [1.165, 1.54) is 33.7 Å². The van der Waals surface area contributed by atoms with Crippen LogP contribution in [0.1, 0.15) is 26.5 Å². The molecule has 27 heavy (non-hydrogen) atoms. The van der Waals surface area contributed by atoms with Gasteiger partial charge in [-0.05, 0) is 13.0 Å². The second-order valence-corrected chi connectivity index (χ2v) is 5.10. The normalized spacial score (nSPS) is 10.1. The first kappa shape index (κ1) is 19.6. The average Bonchev–Trinajstić information content (AvgIpc) is 3.09. The maximum Gasteiger partial charge on any atom is 0.327 e. The summed E-state index contributed by atoms with van der Waals surface area (Å²) in [6.07, 6.45) is 1.32. The van der Waals surface area contributed by atoms with Crippen LogP contribution in [0.25, 0.3) is 0 Å². The topological polar surface area (TPSA) is 142 Å². The Kier molecular flexibility index (Phi) is 5.85. The molecule has 0 radical (unpaired) electrons. The second kappa shape index (κ2) is 8.08. The molecule has 2 rings (SSSR count). The van der Waals surface area contributed by atoms with Gasteiger partial charge >= 0.3 is 5.69 Å². The van der Waals surface area contributed by atoms with Crippen molar-refractivity contribution in [3.63, 3.8) is 0 Å². The standard InChI is InChI=1S/C16H17N3O8/c1-8-9(5-6-27-8)15(20)17-18-16(21)10-7-11(24-2)13(25-3)14(26-4)12(10)19(22)23/h5-7H,1-4H3,(H,17,20)(H,18,21). The molecule has 1 aromatic carbocycles. The minimum atomic E-state index is -0.949. The van der Waals surface area contributed by atoms with Crippen molar-refractivity contribution in [1.29, 1.82) is 0 Å². The van der Waals surface area contributed by atoms with Gasteiger partial charge in [-0.3, -0.25) is 30.6 Å². The minimum absolute atomic E-state index is 0.0405. The SMILES string of the molecule is COc1cc(C(=O)NNC(=O)c2ccoc2C)c([N+](=O)[O-])c(OC)c1OC. The third-order valence-corrected chi connectivity index (χ3v) is 3.62. The number of hydrazine groups is 1. The van der Waals surface area contributed by atoms with Crippen molar-refractivity contribution >= 4 is 17.5 Å². The van der Waals surface area contributed by atoms with Crippen molar-refractivity contribution in [3.8, 4) is 17.2 Å². The Morgan fingerprint density at radius 1 is 1.04 bits per heavy atom. The number of nitrogens with zero attached hydrogens (tertiary/aromatic N) is 1. The molecule has 144 valence electrons. The van der Waals surface area contributed by atoms with Crippen LogP contribution in [0.15, 0.2) is 22.8 Å². The number of hydrogen-bond acceptors (Lipinski definition) is 8. The van der Waals surface area contributed by atoms with Gasteiger partial charge in [0.2, 0.25) is 11.5 Å². The molecule has 0 fully saturated rings. The van der Waals surface area contributed by atoms with Gasteiger partial charge in [-0.15, -0.1) is 0 Å². The first-order chi connectivity index (χ1) is 12.8. The van der Waals surface area contributed by atoms with Gasteiger partial charge in [0.05, 0.1) is 38.1 Å². The Balaban J connectivity index is 2.38. The van der Waals surface area contributed by atoms with Crippen LogP contribution in [0.3, 0.4) is 0 Å². The highest BCUT2D eigenvalue weighted by Gasteiger charge is 2.32. The molecule has 0 saturated carbocycles. The Bertz CT molecular complexity index is 890. The molecule has 0 spiro atoms. The molecule has 1 heterocycles. The number of furan rings is 1. The van der Waals surface area contributed by atoms with Crippen molar-refractivity contribution < 1.29 is 33.1 Å². The molecule has 11 nitrogen and oxygen atoms in total. The zero-order chi connectivity index (χ0) is 20.1. The molecular formula is C16H17N3O8. The minimum Gasteiger partial charge on any atom is -0.493 e. The molecule has 1 aromatic heterocycles. The van der Waals surface area contributed by atoms with Gasteiger partial charge in [0.25, 0.3) is 11.8 Å². The number of hydrogen-bond donors (Lipinski definition) is 2. The highest BCUT2D eigenvalue weighted by molar-refractivity contribution is 6.03. The van der Waals surface area contributed by atoms with E-state index < -0.39 is 28.0 Å². The van der Waals surface area contributed by atoms with Crippen LogP contribution in [0.5, 0.6) is 17.2 Å². The highest BCUT2D eigenvalue weighted by Crippen LogP contribution is 2.46. The van der Waals surface area contributed by atoms with Gasteiger partial charge in [-0.1, -0.05) is 0 Å². The van der Waals surface area contributed by atoms with Crippen molar-refractivity contribution in [2.24, 2.45) is 0 Å². The molecular weight excluding hydrogens is 362 g/mol. The smallest absolute Gasteiger partial charge is 0.327 e. The Morgan fingerprint density at radius 3 is 2.07 bits per heavy atom. The largest absolute Gasteiger partial charge is 0.493 e. The van der Waals surface area contributed by atoms with Crippen LogP contribution >= 0.6 is 0 Å². The zero-order valence-electron chi connectivity index (χ0n) is 14.9. The second-order valence-electron chi connectivity index (χ2n) is 5.10. The van der Waals surface area contributed by atoms with E-state index in [1.807, 2.05) is 0 Å². The van der Waals surface area contributed by atoms with E-state index in [4.69, 9.17) is 18.6 Å². The fraction of sp³-hybridized carbons (Fsp3) is 0.250. The number of aryl methyl sites for hydroxylation is 1. The van der Waals surface area contributed by atoms with Crippen LogP contribution in [0.4, 0.5) is 5.69 Å². The van der Waals surface area contributed by atoms with Gasteiger partial charge in [-0.2, -0.15) is 0 Å². The summed E-state index contributed by atoms with van der Waals surface area (Å²) in [4.78, 5) is 35.2. The lowest BCUT2D eigenvalue weighted by molar-refractivity contribution is -0.386. The first-order valence-corrected chi connectivity index (χ1v) is 7.47. The van der Waals surface area contributed by atoms with Crippen LogP contribution in [-0.4, -0.2) is 38.1 Å². The van der Waals surface area contributed by atoms with Gasteiger partial charge < -0.3 is 18.6 Å². The van der Waals surface area contributed by atoms with E-state index in [0.717, 1.165) is 6.07 Å². The summed E-state index contributed by atoms with van der Waals surface area (Å²) in [6.45, 7) is 1.57. The molecule has 0 aliphatic carbocycles. The van der Waals surface area contributed by atoms with Gasteiger partial charge in [-0.25, -0.2) is 0 Å². The highest BCUT2D eigenvalue weighted by atomic mass is 16.6. The number of rotatable bonds is 6. The molecule has 2 aromatic rings. The van der Waals surface area contributed by atoms with E-state index >= 15 is 0 Å². The van der Waals surface area contributed by atoms with Gasteiger partial charge in [0.1, 0.15) is 11.3 Å². The molecule has 11 heteroatoms. The van der Waals surface area contributed by atoms with Crippen LogP contribution in [0, 0.1) is 17.0 Å². The summed E-state index contributed by atoms with van der Waals surface area (Å²) in [7, 11) is 3.76. The molecule has 2 N–H and O–H groups in total. The summed E-state index contributed by atoms with van der Waals surface area (Å²) in [5.74, 6) is -1.53. The number of nitro benzene ring substituents is 1. The number of methoxy groups -OCH3 is 3. The van der Waals surface area contributed by atoms with E-state index in [1.54, 1.807) is 6.92 Å². The lowest BCUT2D eigenvalue weighted by Gasteiger charge is -2.15. The number of ether oxygens (including phenoxy) is 3. The average molecular weight is 379 g/mol. The van der Waals surface area contributed by atoms with Crippen molar-refractivity contribution in [1.82, 2.24) is 10.9 Å². The van der Waals surface area contributed by atoms with Crippen LogP contribution in [0.2, 0.25) is 0 Å². The maximum absolute atomic E-state index is 12.5. The first-order valence-electron chi connectivity index (χ1n) is 7.47. The van der Waals surface area contributed by atoms with Crippen molar-refractivity contribution in [2.75, 3.05) is 21.3 Å². The summed E-state index contributed by atoms with van der Waals surface area (Å²) in [5.41, 5.74) is 3.45. The van der Waals surface area contributed by atoms with Crippen LogP contribution < -0.4 is 25.1 Å². The molecule has 0 atom stereocenters. The van der Waals surface area contributed by atoms with Gasteiger partial charge in [0.15, 0.2) is 5.75 Å². The number of benzene rings is 1. The van der Waals surface area contributed by atoms with E-state index in [2.05, 4.69) is 10.9 Å². The molecule has 0 unspecified atom stereocenters. The fourth-order valence-corrected chi connectivity index (χ4v) is 2.36. The Morgan fingerprint density at radius 2 is 1.63 bits per heavy atom. The lowest BCUT2D eigenvalue weighted by Crippen LogP contribution is -2.42. The van der Waals surface area contributed by atoms with Crippen molar-refractivity contribution in [3.05, 3.63) is 45.4 Å². The van der Waals surface area contributed by atoms with Crippen LogP contribution in [-0.2, 0) is 0 Å². The summed E-state index contributed by atoms with van der Waals surface area (Å²) >= 11 is 0. The third-order valence-electron chi connectivity index (χ3n) is 3.62. The predicted molar refractivity (Wildman–Crippen MR) is 91.1 cm³/mol. The molecule has 2 amide bonds. The zero-order valence-corrected chi connectivity index (χ0v) is 14.9. The number of nitrogens with one attached hydrogen (secondary N) is 2. The molecule has 0 aliphatic heterocycles. The lowest BCUT2D eigenvalue weighted by atomic mass is 10.1. The van der Waals surface area contributed by atoms with E-state index in [0.29, 0.717) is 5.76 Å². The molecule has 0 saturated heterocycles. The van der Waals surface area contributed by atoms with Crippen molar-refractivity contribution in [2.45, 2.75) is 6.92 Å². The molecule has 0 aliphatic rings. The summed E-state index contributed by atoms with van der Waals surface area (Å²) in [5, 5.41) is 11.5. The maximum atomic E-state index is 12.5. The van der Waals surface area contributed by atoms with E-state index in [-0.39, 0.29) is 22.8 Å².